The predicted molar refractivity (Wildman–Crippen MR) is 76.4 cm³/mol. The number of methoxy groups -OCH3 is 1. The fraction of sp³-hybridized carbons (Fsp3) is 0.235. The minimum Gasteiger partial charge on any atom is -0.457 e. The highest BCUT2D eigenvalue weighted by atomic mass is 16.5. The molecule has 102 valence electrons. The molecule has 1 aliphatic rings. The molecular weight excluding hydrogens is 252 g/mol. The summed E-state index contributed by atoms with van der Waals surface area (Å²) in [6.07, 6.45) is 2.96. The fourth-order valence-electron chi connectivity index (χ4n) is 2.66. The summed E-state index contributed by atoms with van der Waals surface area (Å²) in [5, 5.41) is 0. The van der Waals surface area contributed by atoms with E-state index in [4.69, 9.17) is 9.47 Å². The Kier molecular flexibility index (Phi) is 3.52. The summed E-state index contributed by atoms with van der Waals surface area (Å²) < 4.78 is 11.4. The number of carbonyl (C=O) groups excluding carboxylic acids is 1. The highest BCUT2D eigenvalue weighted by Gasteiger charge is 2.25. The first-order chi connectivity index (χ1) is 9.81. The van der Waals surface area contributed by atoms with E-state index in [1.807, 2.05) is 24.3 Å². The highest BCUT2D eigenvalue weighted by molar-refractivity contribution is 5.74. The Balaban J connectivity index is 1.88. The van der Waals surface area contributed by atoms with Crippen molar-refractivity contribution in [3.8, 4) is 11.5 Å². The van der Waals surface area contributed by atoms with Crippen molar-refractivity contribution in [2.75, 3.05) is 7.11 Å². The average molecular weight is 268 g/mol. The standard InChI is InChI=1S/C17H16O3/c1-19-16-10-9-15-14(16)3-2-4-17(15)20-13-7-5-12(11-18)6-8-13/h2-8,11,16H,9-10H2,1H3. The van der Waals surface area contributed by atoms with Gasteiger partial charge in [0.2, 0.25) is 0 Å². The number of hydrogen-bond donors (Lipinski definition) is 0. The number of ether oxygens (including phenoxy) is 2. The second-order valence-corrected chi connectivity index (χ2v) is 4.88. The van der Waals surface area contributed by atoms with Crippen LogP contribution in [0.2, 0.25) is 0 Å². The number of carbonyl (C=O) groups is 1. The van der Waals surface area contributed by atoms with Crippen LogP contribution in [-0.4, -0.2) is 13.4 Å². The zero-order valence-electron chi connectivity index (χ0n) is 11.3. The molecule has 0 saturated carbocycles. The molecule has 0 N–H and O–H groups in total. The number of hydrogen-bond acceptors (Lipinski definition) is 3. The number of aldehydes is 1. The number of fused-ring (bicyclic) bond motifs is 1. The van der Waals surface area contributed by atoms with Crippen molar-refractivity contribution in [3.63, 3.8) is 0 Å². The summed E-state index contributed by atoms with van der Waals surface area (Å²) in [5.74, 6) is 1.62. The van der Waals surface area contributed by atoms with Crippen LogP contribution in [0, 0.1) is 0 Å². The van der Waals surface area contributed by atoms with Gasteiger partial charge in [0.05, 0.1) is 6.10 Å². The van der Waals surface area contributed by atoms with Crippen LogP contribution >= 0.6 is 0 Å². The minimum atomic E-state index is 0.172. The van der Waals surface area contributed by atoms with Crippen molar-refractivity contribution in [2.24, 2.45) is 0 Å². The summed E-state index contributed by atoms with van der Waals surface area (Å²) in [5.41, 5.74) is 3.09. The lowest BCUT2D eigenvalue weighted by Crippen LogP contribution is -1.96. The average Bonchev–Trinajstić information content (AvgIpc) is 2.92. The van der Waals surface area contributed by atoms with E-state index in [1.165, 1.54) is 11.1 Å². The molecule has 0 bridgehead atoms. The van der Waals surface area contributed by atoms with Crippen molar-refractivity contribution >= 4 is 6.29 Å². The van der Waals surface area contributed by atoms with Gasteiger partial charge in [-0.2, -0.15) is 0 Å². The van der Waals surface area contributed by atoms with Crippen molar-refractivity contribution in [1.82, 2.24) is 0 Å². The summed E-state index contributed by atoms with van der Waals surface area (Å²) in [7, 11) is 1.74. The first-order valence-corrected chi connectivity index (χ1v) is 6.69. The Morgan fingerprint density at radius 2 is 1.95 bits per heavy atom. The Bertz CT molecular complexity index is 617. The monoisotopic (exact) mass is 268 g/mol. The largest absolute Gasteiger partial charge is 0.457 e. The van der Waals surface area contributed by atoms with E-state index < -0.39 is 0 Å². The zero-order valence-corrected chi connectivity index (χ0v) is 11.3. The summed E-state index contributed by atoms with van der Waals surface area (Å²) >= 11 is 0. The van der Waals surface area contributed by atoms with E-state index in [0.29, 0.717) is 5.56 Å². The summed E-state index contributed by atoms with van der Waals surface area (Å²) in [6.45, 7) is 0. The predicted octanol–water partition coefficient (Wildman–Crippen LogP) is 3.93. The van der Waals surface area contributed by atoms with Crippen LogP contribution in [0.25, 0.3) is 0 Å². The third-order valence-corrected chi connectivity index (χ3v) is 3.70. The Morgan fingerprint density at radius 3 is 2.65 bits per heavy atom. The van der Waals surface area contributed by atoms with Gasteiger partial charge in [0.1, 0.15) is 17.8 Å². The Morgan fingerprint density at radius 1 is 1.15 bits per heavy atom. The van der Waals surface area contributed by atoms with Crippen LogP contribution in [0.15, 0.2) is 42.5 Å². The second kappa shape index (κ2) is 5.47. The Hall–Kier alpha value is -2.13. The van der Waals surface area contributed by atoms with Gasteiger partial charge in [-0.05, 0) is 48.7 Å². The van der Waals surface area contributed by atoms with Crippen LogP contribution in [0.3, 0.4) is 0 Å². The maximum atomic E-state index is 10.6. The molecule has 0 saturated heterocycles. The topological polar surface area (TPSA) is 35.5 Å². The lowest BCUT2D eigenvalue weighted by atomic mass is 10.1. The van der Waals surface area contributed by atoms with Crippen LogP contribution in [-0.2, 0) is 11.2 Å². The first-order valence-electron chi connectivity index (χ1n) is 6.69. The smallest absolute Gasteiger partial charge is 0.150 e. The molecule has 3 heteroatoms. The molecule has 0 spiro atoms. The van der Waals surface area contributed by atoms with Gasteiger partial charge >= 0.3 is 0 Å². The zero-order chi connectivity index (χ0) is 13.9. The first kappa shape index (κ1) is 12.9. The van der Waals surface area contributed by atoms with E-state index in [1.54, 1.807) is 19.2 Å². The molecule has 0 radical (unpaired) electrons. The van der Waals surface area contributed by atoms with E-state index >= 15 is 0 Å². The molecule has 1 unspecified atom stereocenters. The number of rotatable bonds is 4. The molecule has 20 heavy (non-hydrogen) atoms. The molecule has 0 heterocycles. The van der Waals surface area contributed by atoms with Crippen molar-refractivity contribution in [3.05, 3.63) is 59.2 Å². The van der Waals surface area contributed by atoms with Gasteiger partial charge in [0, 0.05) is 18.2 Å². The lowest BCUT2D eigenvalue weighted by Gasteiger charge is -2.12. The molecule has 3 rings (SSSR count). The summed E-state index contributed by atoms with van der Waals surface area (Å²) in [4.78, 5) is 10.6. The molecule has 2 aromatic carbocycles. The van der Waals surface area contributed by atoms with Gasteiger partial charge < -0.3 is 9.47 Å². The van der Waals surface area contributed by atoms with Gasteiger partial charge in [-0.1, -0.05) is 12.1 Å². The molecule has 0 fully saturated rings. The SMILES string of the molecule is COC1CCc2c(Oc3ccc(C=O)cc3)cccc21. The van der Waals surface area contributed by atoms with Crippen molar-refractivity contribution in [2.45, 2.75) is 18.9 Å². The van der Waals surface area contributed by atoms with Gasteiger partial charge in [-0.3, -0.25) is 4.79 Å². The number of benzene rings is 2. The molecule has 0 aliphatic heterocycles. The normalized spacial score (nSPS) is 16.8. The van der Waals surface area contributed by atoms with Crippen LogP contribution in [0.5, 0.6) is 11.5 Å². The van der Waals surface area contributed by atoms with Crippen LogP contribution in [0.4, 0.5) is 0 Å². The summed E-state index contributed by atoms with van der Waals surface area (Å²) in [6, 6.07) is 13.2. The van der Waals surface area contributed by atoms with Crippen LogP contribution in [0.1, 0.15) is 34.0 Å². The van der Waals surface area contributed by atoms with Crippen LogP contribution < -0.4 is 4.74 Å². The molecule has 2 aromatic rings. The molecule has 1 aliphatic carbocycles. The van der Waals surface area contributed by atoms with Crippen molar-refractivity contribution in [1.29, 1.82) is 0 Å². The van der Waals surface area contributed by atoms with Gasteiger partial charge in [-0.15, -0.1) is 0 Å². The Labute approximate surface area is 118 Å². The fourth-order valence-corrected chi connectivity index (χ4v) is 2.66. The second-order valence-electron chi connectivity index (χ2n) is 4.88. The van der Waals surface area contributed by atoms with E-state index in [9.17, 15) is 4.79 Å². The quantitative estimate of drug-likeness (QED) is 0.788. The van der Waals surface area contributed by atoms with Crippen molar-refractivity contribution < 1.29 is 14.3 Å². The van der Waals surface area contributed by atoms with E-state index in [2.05, 4.69) is 6.07 Å². The minimum absolute atomic E-state index is 0.172. The van der Waals surface area contributed by atoms with Gasteiger partial charge in [0.15, 0.2) is 0 Å². The molecule has 1 atom stereocenters. The third kappa shape index (κ3) is 2.32. The highest BCUT2D eigenvalue weighted by Crippen LogP contribution is 2.39. The lowest BCUT2D eigenvalue weighted by molar-refractivity contribution is 0.105. The molecule has 0 amide bonds. The maximum absolute atomic E-state index is 10.6. The molecule has 3 nitrogen and oxygen atoms in total. The van der Waals surface area contributed by atoms with Gasteiger partial charge in [0.25, 0.3) is 0 Å². The van der Waals surface area contributed by atoms with E-state index in [-0.39, 0.29) is 6.10 Å². The third-order valence-electron chi connectivity index (χ3n) is 3.70. The maximum Gasteiger partial charge on any atom is 0.150 e. The van der Waals surface area contributed by atoms with E-state index in [0.717, 1.165) is 30.6 Å². The molecule has 0 aromatic heterocycles. The van der Waals surface area contributed by atoms with Gasteiger partial charge in [-0.25, -0.2) is 0 Å². The molecular formula is C17H16O3.